The first-order chi connectivity index (χ1) is 24.9. The highest BCUT2D eigenvalue weighted by atomic mass is 16.5. The van der Waals surface area contributed by atoms with Gasteiger partial charge in [-0.25, -0.2) is 9.59 Å². The molecule has 0 saturated heterocycles. The van der Waals surface area contributed by atoms with E-state index in [1.807, 2.05) is 0 Å². The van der Waals surface area contributed by atoms with E-state index in [2.05, 4.69) is 86.5 Å². The molecule has 0 heterocycles. The van der Waals surface area contributed by atoms with E-state index in [1.54, 1.807) is 25.4 Å². The van der Waals surface area contributed by atoms with E-state index in [9.17, 15) is 9.59 Å². The second-order valence-corrected chi connectivity index (χ2v) is 15.5. The Balaban J connectivity index is 0.000000193. The molecule has 0 bridgehead atoms. The molecule has 0 aromatic heterocycles. The van der Waals surface area contributed by atoms with Crippen molar-refractivity contribution in [1.82, 2.24) is 9.80 Å². The molecule has 0 unspecified atom stereocenters. The number of aryl methyl sites for hydroxylation is 2. The number of hydrogen-bond acceptors (Lipinski definition) is 6. The zero-order valence-corrected chi connectivity index (χ0v) is 32.5. The summed E-state index contributed by atoms with van der Waals surface area (Å²) in [6.07, 6.45) is 24.7. The van der Waals surface area contributed by atoms with Gasteiger partial charge in [0.1, 0.15) is 11.5 Å². The van der Waals surface area contributed by atoms with Gasteiger partial charge in [-0.15, -0.1) is 0 Å². The van der Waals surface area contributed by atoms with E-state index in [4.69, 9.17) is 19.7 Å². The van der Waals surface area contributed by atoms with Crippen LogP contribution in [0.4, 0.5) is 0 Å². The third-order valence-corrected chi connectivity index (χ3v) is 11.4. The van der Waals surface area contributed by atoms with Crippen LogP contribution in [0.2, 0.25) is 0 Å². The monoisotopic (exact) mass is 714 g/mol. The van der Waals surface area contributed by atoms with E-state index < -0.39 is 11.9 Å². The summed E-state index contributed by atoms with van der Waals surface area (Å²) in [5, 5.41) is 15.6. The molecule has 2 spiro atoms. The Morgan fingerprint density at radius 3 is 1.31 bits per heavy atom. The number of hydrogen-bond donors (Lipinski definition) is 2. The van der Waals surface area contributed by atoms with E-state index >= 15 is 0 Å². The van der Waals surface area contributed by atoms with Crippen molar-refractivity contribution < 1.29 is 29.3 Å². The Morgan fingerprint density at radius 1 is 0.635 bits per heavy atom. The van der Waals surface area contributed by atoms with Crippen molar-refractivity contribution in [2.75, 3.05) is 55.5 Å². The highest BCUT2D eigenvalue weighted by molar-refractivity contribution is 5.89. The van der Waals surface area contributed by atoms with Crippen molar-refractivity contribution in [3.8, 4) is 11.5 Å². The Labute approximate surface area is 312 Å². The third kappa shape index (κ3) is 10.8. The Kier molecular flexibility index (Phi) is 15.2. The molecule has 0 amide bonds. The molecule has 284 valence electrons. The quantitative estimate of drug-likeness (QED) is 0.236. The molecule has 0 atom stereocenters. The molecular weight excluding hydrogens is 652 g/mol. The maximum atomic E-state index is 9.55. The van der Waals surface area contributed by atoms with Crippen LogP contribution in [0.5, 0.6) is 11.5 Å². The number of fused-ring (bicyclic) bond motifs is 2. The van der Waals surface area contributed by atoms with E-state index in [-0.39, 0.29) is 0 Å². The number of rotatable bonds is 10. The Hall–Kier alpha value is -3.88. The molecule has 52 heavy (non-hydrogen) atoms. The Bertz CT molecular complexity index is 1470. The number of carbonyl (C=O) groups is 2. The first-order valence-electron chi connectivity index (χ1n) is 19.1. The first kappa shape index (κ1) is 40.9. The largest absolute Gasteiger partial charge is 0.497 e. The van der Waals surface area contributed by atoms with Crippen LogP contribution in [0.3, 0.4) is 0 Å². The molecule has 8 heteroatoms. The SMILES string of the molecule is COc1ccc2c(c1)CCC1(CCCC1)C2=CCCN(C)C.COc1ccc2c(c1)CCC1(CCCC1)C2=CCCN(C)C.O=C(O)/C=C\C(=O)O. The van der Waals surface area contributed by atoms with Gasteiger partial charge in [0.15, 0.2) is 0 Å². The fourth-order valence-electron chi connectivity index (χ4n) is 8.79. The average Bonchev–Trinajstić information content (AvgIpc) is 3.80. The molecular formula is C44H62N2O6. The van der Waals surface area contributed by atoms with Crippen LogP contribution in [-0.2, 0) is 22.4 Å². The summed E-state index contributed by atoms with van der Waals surface area (Å²) < 4.78 is 10.8. The van der Waals surface area contributed by atoms with Gasteiger partial charge in [0.25, 0.3) is 0 Å². The summed E-state index contributed by atoms with van der Waals surface area (Å²) in [5.74, 6) is -0.526. The van der Waals surface area contributed by atoms with Crippen LogP contribution in [0, 0.1) is 10.8 Å². The van der Waals surface area contributed by atoms with Crippen molar-refractivity contribution in [2.24, 2.45) is 10.8 Å². The van der Waals surface area contributed by atoms with Gasteiger partial charge in [-0.2, -0.15) is 0 Å². The summed E-state index contributed by atoms with van der Waals surface area (Å²) in [6, 6.07) is 13.4. The van der Waals surface area contributed by atoms with Crippen LogP contribution in [0.15, 0.2) is 60.7 Å². The lowest BCUT2D eigenvalue weighted by Gasteiger charge is -2.38. The highest BCUT2D eigenvalue weighted by Crippen LogP contribution is 2.56. The third-order valence-electron chi connectivity index (χ3n) is 11.4. The number of allylic oxidation sites excluding steroid dienone is 2. The van der Waals surface area contributed by atoms with Crippen LogP contribution >= 0.6 is 0 Å². The molecule has 2 saturated carbocycles. The topological polar surface area (TPSA) is 99.5 Å². The standard InChI is InChI=1S/2C20H29NO.C4H4O4/c2*1-21(2)14-6-7-19-18-9-8-17(22-3)15-16(18)10-13-20(19)11-4-5-12-20;5-3(6)1-2-4(7)8/h2*7-9,15H,4-6,10-14H2,1-3H3;1-2H,(H,5,6)(H,7,8)/b;;2-1-. The predicted molar refractivity (Wildman–Crippen MR) is 211 cm³/mol. The van der Waals surface area contributed by atoms with Crippen molar-refractivity contribution in [1.29, 1.82) is 0 Å². The van der Waals surface area contributed by atoms with E-state index in [1.165, 1.54) is 99.3 Å². The number of benzene rings is 2. The second kappa shape index (κ2) is 19.3. The molecule has 2 aromatic carbocycles. The van der Waals surface area contributed by atoms with Crippen LogP contribution in [0.25, 0.3) is 11.1 Å². The fourth-order valence-corrected chi connectivity index (χ4v) is 8.79. The molecule has 2 fully saturated rings. The van der Waals surface area contributed by atoms with Crippen molar-refractivity contribution in [2.45, 2.75) is 89.9 Å². The van der Waals surface area contributed by atoms with Crippen molar-refractivity contribution in [3.05, 3.63) is 83.0 Å². The molecule has 4 aliphatic rings. The van der Waals surface area contributed by atoms with Gasteiger partial charge in [-0.05, 0) is 161 Å². The fraction of sp³-hybridized carbons (Fsp3) is 0.545. The number of nitrogens with zero attached hydrogens (tertiary/aromatic N) is 2. The predicted octanol–water partition coefficient (Wildman–Crippen LogP) is 8.79. The van der Waals surface area contributed by atoms with Crippen LogP contribution in [0.1, 0.15) is 99.3 Å². The van der Waals surface area contributed by atoms with Gasteiger partial charge < -0.3 is 29.5 Å². The number of aliphatic carboxylic acids is 2. The van der Waals surface area contributed by atoms with Crippen LogP contribution in [-0.4, -0.2) is 87.5 Å². The zero-order valence-electron chi connectivity index (χ0n) is 32.5. The summed E-state index contributed by atoms with van der Waals surface area (Å²) in [7, 11) is 12.1. The van der Waals surface area contributed by atoms with Gasteiger partial charge in [-0.1, -0.05) is 50.0 Å². The molecule has 2 aromatic rings. The minimum absolute atomic E-state index is 0.466. The number of carboxylic acid groups (broad SMARTS) is 2. The number of methoxy groups -OCH3 is 2. The molecule has 6 rings (SSSR count). The van der Waals surface area contributed by atoms with Gasteiger partial charge >= 0.3 is 11.9 Å². The van der Waals surface area contributed by atoms with Gasteiger partial charge in [0, 0.05) is 25.2 Å². The van der Waals surface area contributed by atoms with E-state index in [0.29, 0.717) is 23.0 Å². The summed E-state index contributed by atoms with van der Waals surface area (Å²) in [5.41, 5.74) is 10.1. The van der Waals surface area contributed by atoms with Crippen molar-refractivity contribution >= 4 is 23.1 Å². The maximum Gasteiger partial charge on any atom is 0.328 e. The second-order valence-electron chi connectivity index (χ2n) is 15.5. The Morgan fingerprint density at radius 2 is 1.00 bits per heavy atom. The van der Waals surface area contributed by atoms with Gasteiger partial charge in [0.2, 0.25) is 0 Å². The lowest BCUT2D eigenvalue weighted by Crippen LogP contribution is -2.25. The maximum absolute atomic E-state index is 9.55. The molecule has 4 aliphatic carbocycles. The number of ether oxygens (including phenoxy) is 2. The van der Waals surface area contributed by atoms with E-state index in [0.717, 1.165) is 37.4 Å². The van der Waals surface area contributed by atoms with Gasteiger partial charge in [0.05, 0.1) is 14.2 Å². The molecule has 8 nitrogen and oxygen atoms in total. The zero-order chi connectivity index (χ0) is 37.7. The lowest BCUT2D eigenvalue weighted by atomic mass is 9.66. The molecule has 0 radical (unpaired) electrons. The summed E-state index contributed by atoms with van der Waals surface area (Å²) in [6.45, 7) is 2.26. The minimum atomic E-state index is -1.26. The molecule has 2 N–H and O–H groups in total. The van der Waals surface area contributed by atoms with Gasteiger partial charge in [-0.3, -0.25) is 0 Å². The number of carboxylic acids is 2. The average molecular weight is 715 g/mol. The highest BCUT2D eigenvalue weighted by Gasteiger charge is 2.42. The summed E-state index contributed by atoms with van der Waals surface area (Å²) >= 11 is 0. The summed E-state index contributed by atoms with van der Waals surface area (Å²) in [4.78, 5) is 23.7. The van der Waals surface area contributed by atoms with Crippen LogP contribution < -0.4 is 9.47 Å². The smallest absolute Gasteiger partial charge is 0.328 e. The first-order valence-corrected chi connectivity index (χ1v) is 19.1. The van der Waals surface area contributed by atoms with Crippen molar-refractivity contribution in [3.63, 3.8) is 0 Å². The molecule has 0 aliphatic heterocycles. The normalized spacial score (nSPS) is 19.7. The minimum Gasteiger partial charge on any atom is -0.497 e. The lowest BCUT2D eigenvalue weighted by molar-refractivity contribution is -0.134.